The van der Waals surface area contributed by atoms with Gasteiger partial charge in [-0.1, -0.05) is 30.3 Å². The Bertz CT molecular complexity index is 1380. The number of thiazole rings is 1. The van der Waals surface area contributed by atoms with E-state index < -0.39 is 0 Å². The minimum absolute atomic E-state index is 0.0743. The molecule has 0 saturated heterocycles. The van der Waals surface area contributed by atoms with Crippen LogP contribution in [0.2, 0.25) is 0 Å². The van der Waals surface area contributed by atoms with Crippen LogP contribution >= 0.6 is 11.3 Å². The van der Waals surface area contributed by atoms with Gasteiger partial charge < -0.3 is 15.3 Å². The smallest absolute Gasteiger partial charge is 0.251 e. The van der Waals surface area contributed by atoms with Crippen LogP contribution in [0, 0.1) is 11.2 Å². The predicted molar refractivity (Wildman–Crippen MR) is 128 cm³/mol. The van der Waals surface area contributed by atoms with Crippen molar-refractivity contribution in [1.82, 2.24) is 10.3 Å². The van der Waals surface area contributed by atoms with Crippen LogP contribution in [-0.4, -0.2) is 28.4 Å². The summed E-state index contributed by atoms with van der Waals surface area (Å²) in [4.78, 5) is 18.9. The van der Waals surface area contributed by atoms with E-state index in [1.54, 1.807) is 41.3 Å². The standard InChI is InChI=1S/C25H19FN4O2S/c26-17-10-8-15(9-11-17)13-28-24(32)16-4-3-5-18(12-16)30-14-20(31)22(23(30)27)25-29-19-6-1-2-7-21(19)33-25/h1-12,27,31H,13-14H2,(H,28,32). The zero-order valence-corrected chi connectivity index (χ0v) is 18.2. The summed E-state index contributed by atoms with van der Waals surface area (Å²) < 4.78 is 14.0. The number of aliphatic hydroxyl groups excluding tert-OH is 1. The molecule has 0 atom stereocenters. The van der Waals surface area contributed by atoms with Crippen molar-refractivity contribution in [2.75, 3.05) is 11.4 Å². The predicted octanol–water partition coefficient (Wildman–Crippen LogP) is 5.13. The first-order chi connectivity index (χ1) is 16.0. The van der Waals surface area contributed by atoms with Gasteiger partial charge >= 0.3 is 0 Å². The van der Waals surface area contributed by atoms with Gasteiger partial charge in [-0.25, -0.2) is 9.37 Å². The molecule has 0 radical (unpaired) electrons. The molecule has 1 aliphatic rings. The second-order valence-electron chi connectivity index (χ2n) is 7.60. The van der Waals surface area contributed by atoms with Gasteiger partial charge in [0.25, 0.3) is 5.91 Å². The highest BCUT2D eigenvalue weighted by Crippen LogP contribution is 2.35. The fourth-order valence-corrected chi connectivity index (χ4v) is 4.74. The number of benzene rings is 3. The Morgan fingerprint density at radius 3 is 2.70 bits per heavy atom. The molecule has 33 heavy (non-hydrogen) atoms. The van der Waals surface area contributed by atoms with E-state index in [0.29, 0.717) is 21.8 Å². The number of nitrogens with zero attached hydrogens (tertiary/aromatic N) is 2. The van der Waals surface area contributed by atoms with E-state index in [2.05, 4.69) is 10.3 Å². The summed E-state index contributed by atoms with van der Waals surface area (Å²) in [5, 5.41) is 22.7. The Hall–Kier alpha value is -4.04. The molecule has 0 bridgehead atoms. The molecule has 1 aliphatic heterocycles. The van der Waals surface area contributed by atoms with Gasteiger partial charge in [0.1, 0.15) is 22.4 Å². The first-order valence-electron chi connectivity index (χ1n) is 10.3. The molecule has 4 aromatic rings. The van der Waals surface area contributed by atoms with Gasteiger partial charge in [0.15, 0.2) is 0 Å². The molecule has 0 aliphatic carbocycles. The van der Waals surface area contributed by atoms with Crippen molar-refractivity contribution in [2.45, 2.75) is 6.54 Å². The van der Waals surface area contributed by atoms with Crippen LogP contribution in [0.5, 0.6) is 0 Å². The van der Waals surface area contributed by atoms with Gasteiger partial charge in [-0.2, -0.15) is 0 Å². The van der Waals surface area contributed by atoms with Crippen LogP contribution in [0.1, 0.15) is 20.9 Å². The molecule has 1 amide bonds. The monoisotopic (exact) mass is 458 g/mol. The SMILES string of the molecule is N=C1C(c2nc3ccccc3s2)=C(O)CN1c1cccc(C(=O)NCc2ccc(F)cc2)c1. The molecule has 3 N–H and O–H groups in total. The molecule has 3 aromatic carbocycles. The Morgan fingerprint density at radius 1 is 1.12 bits per heavy atom. The third kappa shape index (κ3) is 4.08. The third-order valence-corrected chi connectivity index (χ3v) is 6.45. The van der Waals surface area contributed by atoms with Gasteiger partial charge in [-0.15, -0.1) is 11.3 Å². The Balaban J connectivity index is 1.34. The number of nitrogens with one attached hydrogen (secondary N) is 2. The van der Waals surface area contributed by atoms with E-state index in [0.717, 1.165) is 15.8 Å². The molecule has 6 nitrogen and oxygen atoms in total. The van der Waals surface area contributed by atoms with Gasteiger partial charge in [0.2, 0.25) is 0 Å². The number of carbonyl (C=O) groups excluding carboxylic acids is 1. The Labute approximate surface area is 193 Å². The largest absolute Gasteiger partial charge is 0.510 e. The molecule has 0 unspecified atom stereocenters. The molecular weight excluding hydrogens is 439 g/mol. The lowest BCUT2D eigenvalue weighted by Crippen LogP contribution is -2.27. The zero-order chi connectivity index (χ0) is 22.9. The van der Waals surface area contributed by atoms with Crippen molar-refractivity contribution in [2.24, 2.45) is 0 Å². The molecule has 0 saturated carbocycles. The second-order valence-corrected chi connectivity index (χ2v) is 8.63. The lowest BCUT2D eigenvalue weighted by molar-refractivity contribution is 0.0951. The summed E-state index contributed by atoms with van der Waals surface area (Å²) in [6, 6.07) is 20.5. The molecule has 0 fully saturated rings. The van der Waals surface area contributed by atoms with Crippen molar-refractivity contribution < 1.29 is 14.3 Å². The number of anilines is 1. The minimum atomic E-state index is -0.326. The molecule has 5 rings (SSSR count). The summed E-state index contributed by atoms with van der Waals surface area (Å²) in [5.74, 6) is -0.399. The van der Waals surface area contributed by atoms with Crippen LogP contribution in [-0.2, 0) is 6.54 Å². The highest BCUT2D eigenvalue weighted by atomic mass is 32.1. The number of aromatic nitrogens is 1. The zero-order valence-electron chi connectivity index (χ0n) is 17.4. The highest BCUT2D eigenvalue weighted by molar-refractivity contribution is 7.19. The van der Waals surface area contributed by atoms with Crippen molar-refractivity contribution in [1.29, 1.82) is 5.41 Å². The summed E-state index contributed by atoms with van der Waals surface area (Å²) in [6.07, 6.45) is 0. The average Bonchev–Trinajstić information content (AvgIpc) is 3.38. The number of para-hydroxylation sites is 1. The van der Waals surface area contributed by atoms with Gasteiger partial charge in [-0.05, 0) is 48.0 Å². The number of aliphatic hydroxyl groups is 1. The van der Waals surface area contributed by atoms with Gasteiger partial charge in [0, 0.05) is 17.8 Å². The van der Waals surface area contributed by atoms with E-state index in [4.69, 9.17) is 5.41 Å². The fourth-order valence-electron chi connectivity index (χ4n) is 3.71. The van der Waals surface area contributed by atoms with Gasteiger partial charge in [0.05, 0.1) is 22.3 Å². The average molecular weight is 459 g/mol. The summed E-state index contributed by atoms with van der Waals surface area (Å²) in [7, 11) is 0. The molecule has 0 spiro atoms. The van der Waals surface area contributed by atoms with Crippen molar-refractivity contribution >= 4 is 44.6 Å². The second kappa shape index (κ2) is 8.48. The number of hydrogen-bond donors (Lipinski definition) is 3. The molecule has 2 heterocycles. The number of fused-ring (bicyclic) bond motifs is 1. The quantitative estimate of drug-likeness (QED) is 0.387. The number of amides is 1. The van der Waals surface area contributed by atoms with Crippen LogP contribution < -0.4 is 10.2 Å². The van der Waals surface area contributed by atoms with E-state index in [1.165, 1.54) is 23.5 Å². The maximum absolute atomic E-state index is 13.1. The van der Waals surface area contributed by atoms with Crippen molar-refractivity contribution in [3.8, 4) is 0 Å². The first kappa shape index (κ1) is 20.8. The maximum Gasteiger partial charge on any atom is 0.251 e. The van der Waals surface area contributed by atoms with Crippen molar-refractivity contribution in [3.63, 3.8) is 0 Å². The Kier molecular flexibility index (Phi) is 5.35. The topological polar surface area (TPSA) is 89.3 Å². The van der Waals surface area contributed by atoms with Crippen LogP contribution in [0.4, 0.5) is 10.1 Å². The molecule has 8 heteroatoms. The molecular formula is C25H19FN4O2S. The number of hydrogen-bond acceptors (Lipinski definition) is 5. The van der Waals surface area contributed by atoms with E-state index >= 15 is 0 Å². The van der Waals surface area contributed by atoms with Crippen molar-refractivity contribution in [3.05, 3.63) is 101 Å². The summed E-state index contributed by atoms with van der Waals surface area (Å²) >= 11 is 1.43. The number of halogens is 1. The maximum atomic E-state index is 13.1. The lowest BCUT2D eigenvalue weighted by atomic mass is 10.1. The number of amidine groups is 1. The van der Waals surface area contributed by atoms with Gasteiger partial charge in [-0.3, -0.25) is 10.2 Å². The fraction of sp³-hybridized carbons (Fsp3) is 0.0800. The lowest BCUT2D eigenvalue weighted by Gasteiger charge is -2.19. The summed E-state index contributed by atoms with van der Waals surface area (Å²) in [6.45, 7) is 0.401. The van der Waals surface area contributed by atoms with E-state index in [-0.39, 0.29) is 36.4 Å². The Morgan fingerprint density at radius 2 is 1.91 bits per heavy atom. The number of rotatable bonds is 5. The third-order valence-electron chi connectivity index (χ3n) is 5.40. The normalized spacial score (nSPS) is 13.7. The molecule has 164 valence electrons. The van der Waals surface area contributed by atoms with E-state index in [1.807, 2.05) is 24.3 Å². The molecule has 1 aromatic heterocycles. The van der Waals surface area contributed by atoms with Crippen LogP contribution in [0.3, 0.4) is 0 Å². The van der Waals surface area contributed by atoms with E-state index in [9.17, 15) is 14.3 Å². The highest BCUT2D eigenvalue weighted by Gasteiger charge is 2.31. The summed E-state index contributed by atoms with van der Waals surface area (Å²) in [5.41, 5.74) is 3.07. The number of carbonyl (C=O) groups is 1. The first-order valence-corrected chi connectivity index (χ1v) is 11.1. The van der Waals surface area contributed by atoms with Crippen LogP contribution in [0.15, 0.2) is 78.6 Å². The minimum Gasteiger partial charge on any atom is -0.510 e. The van der Waals surface area contributed by atoms with Crippen LogP contribution in [0.25, 0.3) is 15.8 Å².